The number of hydrogen-bond acceptors (Lipinski definition) is 4. The molecule has 0 saturated heterocycles. The zero-order chi connectivity index (χ0) is 24.2. The standard InChI is InChI=1S/C32H22N4/c1-3-9-26(10-4-1)30-34-31(27-11-5-2-6-12-27)36-32(35-30)28-20-16-24(17-21-28)23-14-18-25(19-15-23)29-13-7-8-22-33-29/h1-22H. The highest BCUT2D eigenvalue weighted by atomic mass is 15.0. The third-order valence-corrected chi connectivity index (χ3v) is 6.02. The van der Waals surface area contributed by atoms with Gasteiger partial charge in [0.05, 0.1) is 5.69 Å². The van der Waals surface area contributed by atoms with Gasteiger partial charge in [-0.1, -0.05) is 115 Å². The quantitative estimate of drug-likeness (QED) is 0.265. The van der Waals surface area contributed by atoms with Crippen molar-refractivity contribution in [2.75, 3.05) is 0 Å². The monoisotopic (exact) mass is 462 g/mol. The lowest BCUT2D eigenvalue weighted by atomic mass is 10.0. The molecule has 2 heterocycles. The van der Waals surface area contributed by atoms with Crippen molar-refractivity contribution in [1.82, 2.24) is 19.9 Å². The molecule has 4 heteroatoms. The van der Waals surface area contributed by atoms with Crippen LogP contribution >= 0.6 is 0 Å². The molecule has 0 aliphatic carbocycles. The Bertz CT molecular complexity index is 1520. The summed E-state index contributed by atoms with van der Waals surface area (Å²) in [5.41, 5.74) is 7.21. The van der Waals surface area contributed by atoms with Gasteiger partial charge in [0.15, 0.2) is 17.5 Å². The van der Waals surface area contributed by atoms with Gasteiger partial charge in [-0.3, -0.25) is 4.98 Å². The van der Waals surface area contributed by atoms with Gasteiger partial charge in [-0.25, -0.2) is 15.0 Å². The van der Waals surface area contributed by atoms with E-state index in [-0.39, 0.29) is 0 Å². The SMILES string of the molecule is c1ccc(-c2nc(-c3ccccc3)nc(-c3ccc(-c4ccc(-c5ccccn5)cc4)cc3)n2)cc1. The van der Waals surface area contributed by atoms with Gasteiger partial charge in [0.25, 0.3) is 0 Å². The van der Waals surface area contributed by atoms with Crippen LogP contribution in [0.1, 0.15) is 0 Å². The van der Waals surface area contributed by atoms with E-state index in [0.29, 0.717) is 17.5 Å². The molecule has 6 aromatic rings. The lowest BCUT2D eigenvalue weighted by Crippen LogP contribution is -2.00. The number of benzene rings is 4. The Balaban J connectivity index is 1.35. The van der Waals surface area contributed by atoms with Crippen LogP contribution in [0.4, 0.5) is 0 Å². The Labute approximate surface area is 210 Å². The van der Waals surface area contributed by atoms with Crippen molar-refractivity contribution in [2.45, 2.75) is 0 Å². The number of nitrogens with zero attached hydrogens (tertiary/aromatic N) is 4. The number of hydrogen-bond donors (Lipinski definition) is 0. The maximum Gasteiger partial charge on any atom is 0.164 e. The Morgan fingerprint density at radius 3 is 1.14 bits per heavy atom. The van der Waals surface area contributed by atoms with Crippen molar-refractivity contribution in [1.29, 1.82) is 0 Å². The molecule has 0 unspecified atom stereocenters. The summed E-state index contributed by atoms with van der Waals surface area (Å²) in [7, 11) is 0. The summed E-state index contributed by atoms with van der Waals surface area (Å²) in [6, 6.07) is 42.8. The molecule has 2 aromatic heterocycles. The number of aromatic nitrogens is 4. The average molecular weight is 463 g/mol. The molecule has 6 rings (SSSR count). The van der Waals surface area contributed by atoms with Crippen LogP contribution in [0.3, 0.4) is 0 Å². The van der Waals surface area contributed by atoms with Crippen LogP contribution in [0.2, 0.25) is 0 Å². The van der Waals surface area contributed by atoms with E-state index in [1.165, 1.54) is 0 Å². The van der Waals surface area contributed by atoms with Crippen LogP contribution < -0.4 is 0 Å². The summed E-state index contributed by atoms with van der Waals surface area (Å²) < 4.78 is 0. The van der Waals surface area contributed by atoms with E-state index < -0.39 is 0 Å². The third-order valence-electron chi connectivity index (χ3n) is 6.02. The van der Waals surface area contributed by atoms with Crippen LogP contribution in [0, 0.1) is 0 Å². The van der Waals surface area contributed by atoms with E-state index in [2.05, 4.69) is 53.5 Å². The van der Waals surface area contributed by atoms with E-state index >= 15 is 0 Å². The molecule has 0 radical (unpaired) electrons. The van der Waals surface area contributed by atoms with Crippen molar-refractivity contribution < 1.29 is 0 Å². The zero-order valence-electron chi connectivity index (χ0n) is 19.5. The fraction of sp³-hybridized carbons (Fsp3) is 0. The first-order valence-corrected chi connectivity index (χ1v) is 11.8. The minimum absolute atomic E-state index is 0.653. The van der Waals surface area contributed by atoms with Gasteiger partial charge in [-0.2, -0.15) is 0 Å². The van der Waals surface area contributed by atoms with Gasteiger partial charge >= 0.3 is 0 Å². The average Bonchev–Trinajstić information content (AvgIpc) is 2.98. The Hall–Kier alpha value is -4.96. The molecule has 0 spiro atoms. The lowest BCUT2D eigenvalue weighted by molar-refractivity contribution is 1.07. The molecule has 0 bridgehead atoms. The third kappa shape index (κ3) is 4.52. The Morgan fingerprint density at radius 2 is 0.694 bits per heavy atom. The summed E-state index contributed by atoms with van der Waals surface area (Å²) in [4.78, 5) is 18.8. The largest absolute Gasteiger partial charge is 0.256 e. The predicted molar refractivity (Wildman–Crippen MR) is 145 cm³/mol. The van der Waals surface area contributed by atoms with Crippen molar-refractivity contribution >= 4 is 0 Å². The maximum atomic E-state index is 4.82. The first-order valence-electron chi connectivity index (χ1n) is 11.8. The molecule has 36 heavy (non-hydrogen) atoms. The highest BCUT2D eigenvalue weighted by molar-refractivity contribution is 5.72. The van der Waals surface area contributed by atoms with Crippen LogP contribution in [-0.4, -0.2) is 19.9 Å². The minimum Gasteiger partial charge on any atom is -0.256 e. The normalized spacial score (nSPS) is 10.8. The Kier molecular flexibility index (Phi) is 5.83. The first-order chi connectivity index (χ1) is 17.8. The van der Waals surface area contributed by atoms with E-state index in [1.807, 2.05) is 85.1 Å². The molecular weight excluding hydrogens is 440 g/mol. The Morgan fingerprint density at radius 1 is 0.306 bits per heavy atom. The predicted octanol–water partition coefficient (Wildman–Crippen LogP) is 7.60. The van der Waals surface area contributed by atoms with Crippen LogP contribution in [0.15, 0.2) is 134 Å². The molecule has 0 aliphatic heterocycles. The molecule has 0 saturated carbocycles. The second kappa shape index (κ2) is 9.72. The molecule has 4 aromatic carbocycles. The smallest absolute Gasteiger partial charge is 0.164 e. The fourth-order valence-electron chi connectivity index (χ4n) is 4.12. The summed E-state index contributed by atoms with van der Waals surface area (Å²) in [5.74, 6) is 1.97. The molecule has 4 nitrogen and oxygen atoms in total. The van der Waals surface area contributed by atoms with E-state index in [0.717, 1.165) is 39.1 Å². The summed E-state index contributed by atoms with van der Waals surface area (Å²) >= 11 is 0. The van der Waals surface area contributed by atoms with E-state index in [4.69, 9.17) is 15.0 Å². The topological polar surface area (TPSA) is 51.6 Å². The van der Waals surface area contributed by atoms with Crippen molar-refractivity contribution in [3.8, 4) is 56.5 Å². The summed E-state index contributed by atoms with van der Waals surface area (Å²) in [6.45, 7) is 0. The van der Waals surface area contributed by atoms with Gasteiger partial charge in [-0.05, 0) is 23.3 Å². The first kappa shape index (κ1) is 21.6. The molecule has 0 atom stereocenters. The van der Waals surface area contributed by atoms with Crippen molar-refractivity contribution in [3.05, 3.63) is 134 Å². The van der Waals surface area contributed by atoms with Gasteiger partial charge in [0.1, 0.15) is 0 Å². The van der Waals surface area contributed by atoms with Crippen molar-refractivity contribution in [2.24, 2.45) is 0 Å². The van der Waals surface area contributed by atoms with Gasteiger partial charge < -0.3 is 0 Å². The second-order valence-electron chi connectivity index (χ2n) is 8.41. The highest BCUT2D eigenvalue weighted by Gasteiger charge is 2.12. The minimum atomic E-state index is 0.653. The van der Waals surface area contributed by atoms with Gasteiger partial charge in [-0.15, -0.1) is 0 Å². The molecule has 170 valence electrons. The molecule has 0 aliphatic rings. The van der Waals surface area contributed by atoms with Gasteiger partial charge in [0, 0.05) is 28.5 Å². The molecular formula is C32H22N4. The van der Waals surface area contributed by atoms with Crippen LogP contribution in [0.5, 0.6) is 0 Å². The molecule has 0 N–H and O–H groups in total. The summed E-state index contributed by atoms with van der Waals surface area (Å²) in [5, 5.41) is 0. The van der Waals surface area contributed by atoms with E-state index in [9.17, 15) is 0 Å². The zero-order valence-corrected chi connectivity index (χ0v) is 19.5. The van der Waals surface area contributed by atoms with Crippen molar-refractivity contribution in [3.63, 3.8) is 0 Å². The lowest BCUT2D eigenvalue weighted by Gasteiger charge is -2.09. The van der Waals surface area contributed by atoms with Crippen LogP contribution in [0.25, 0.3) is 56.5 Å². The van der Waals surface area contributed by atoms with Crippen LogP contribution in [-0.2, 0) is 0 Å². The molecule has 0 amide bonds. The molecule has 0 fully saturated rings. The number of pyridine rings is 1. The van der Waals surface area contributed by atoms with Gasteiger partial charge in [0.2, 0.25) is 0 Å². The highest BCUT2D eigenvalue weighted by Crippen LogP contribution is 2.28. The van der Waals surface area contributed by atoms with E-state index in [1.54, 1.807) is 0 Å². The number of rotatable bonds is 5. The maximum absolute atomic E-state index is 4.82. The summed E-state index contributed by atoms with van der Waals surface area (Å²) in [6.07, 6.45) is 1.82. The fourth-order valence-corrected chi connectivity index (χ4v) is 4.12. The second-order valence-corrected chi connectivity index (χ2v) is 8.41.